The Balaban J connectivity index is 1.30. The van der Waals surface area contributed by atoms with Crippen LogP contribution in [0.1, 0.15) is 11.0 Å². The molecule has 0 saturated carbocycles. The lowest BCUT2D eigenvalue weighted by Gasteiger charge is -2.26. The molecule has 0 unspecified atom stereocenters. The van der Waals surface area contributed by atoms with Gasteiger partial charge in [0.25, 0.3) is 0 Å². The molecule has 0 atom stereocenters. The van der Waals surface area contributed by atoms with Gasteiger partial charge in [-0.15, -0.1) is 11.3 Å². The maximum atomic E-state index is 10.1. The van der Waals surface area contributed by atoms with Crippen LogP contribution in [0.5, 0.6) is 0 Å². The summed E-state index contributed by atoms with van der Waals surface area (Å²) in [7, 11) is 0. The molecule has 10 rings (SSSR count). The van der Waals surface area contributed by atoms with Crippen molar-refractivity contribution >= 4 is 80.9 Å². The van der Waals surface area contributed by atoms with E-state index in [9.17, 15) is 5.48 Å². The minimum atomic E-state index is -0.432. The van der Waals surface area contributed by atoms with Crippen molar-refractivity contribution in [2.45, 2.75) is 0 Å². The molecular formula is C48H31NS. The zero-order chi connectivity index (χ0) is 40.0. The minimum absolute atomic E-state index is 0.0224. The van der Waals surface area contributed by atoms with Crippen LogP contribution < -0.4 is 4.90 Å². The summed E-state index contributed by atoms with van der Waals surface area (Å²) in [5.41, 5.74) is 4.71. The molecule has 2 heteroatoms. The van der Waals surface area contributed by atoms with Gasteiger partial charge in [0.1, 0.15) is 0 Å². The second-order valence-electron chi connectivity index (χ2n) is 12.3. The molecule has 0 fully saturated rings. The fourth-order valence-corrected chi connectivity index (χ4v) is 8.12. The van der Waals surface area contributed by atoms with Crippen molar-refractivity contribution in [1.82, 2.24) is 0 Å². The van der Waals surface area contributed by atoms with E-state index in [2.05, 4.69) is 30.3 Å². The van der Waals surface area contributed by atoms with Gasteiger partial charge >= 0.3 is 0 Å². The van der Waals surface area contributed by atoms with E-state index in [4.69, 9.17) is 5.48 Å². The monoisotopic (exact) mass is 661 g/mol. The van der Waals surface area contributed by atoms with Gasteiger partial charge in [-0.05, 0) is 109 Å². The van der Waals surface area contributed by atoms with Crippen molar-refractivity contribution in [3.63, 3.8) is 0 Å². The largest absolute Gasteiger partial charge is 0.310 e. The molecule has 0 amide bonds. The van der Waals surface area contributed by atoms with Crippen LogP contribution >= 0.6 is 11.3 Å². The van der Waals surface area contributed by atoms with E-state index in [1.165, 1.54) is 0 Å². The standard InChI is InChI=1S/C48H31NS/c1-2-16-38(17-3-1)49(39-25-23-33(24-26-39)36-22-21-32-11-4-5-13-35(32)29-36)40-27-28-46-45(31-40)47-44(30-37-14-7-9-19-42(37)48(47)50-46)43-20-10-15-34-12-6-8-18-41(34)43/h1-31H/i7D,9D,14D,19D,27D,28D,30D,31D. The Labute approximate surface area is 306 Å². The second-order valence-corrected chi connectivity index (χ2v) is 13.3. The number of nitrogens with zero attached hydrogens (tertiary/aromatic N) is 1. The molecule has 0 spiro atoms. The molecule has 50 heavy (non-hydrogen) atoms. The van der Waals surface area contributed by atoms with Crippen molar-refractivity contribution < 1.29 is 11.0 Å². The second kappa shape index (κ2) is 11.7. The van der Waals surface area contributed by atoms with Gasteiger partial charge in [0, 0.05) is 37.2 Å². The Bertz CT molecular complexity index is 3320. The van der Waals surface area contributed by atoms with Crippen LogP contribution in [-0.2, 0) is 0 Å². The maximum absolute atomic E-state index is 10.1. The molecule has 1 heterocycles. The Morgan fingerprint density at radius 1 is 0.440 bits per heavy atom. The van der Waals surface area contributed by atoms with E-state index in [1.54, 1.807) is 0 Å². The summed E-state index contributed by atoms with van der Waals surface area (Å²) in [6, 6.07) is 43.8. The molecule has 0 aliphatic heterocycles. The van der Waals surface area contributed by atoms with Gasteiger partial charge in [0.05, 0.1) is 11.0 Å². The highest BCUT2D eigenvalue weighted by Gasteiger charge is 2.19. The number of thiophene rings is 1. The van der Waals surface area contributed by atoms with Crippen molar-refractivity contribution in [2.75, 3.05) is 4.90 Å². The smallest absolute Gasteiger partial charge is 0.0652 e. The quantitative estimate of drug-likeness (QED) is 0.177. The average molecular weight is 662 g/mol. The molecule has 10 aromatic rings. The molecular weight excluding hydrogens is 623 g/mol. The molecule has 1 aromatic heterocycles. The van der Waals surface area contributed by atoms with E-state index in [-0.39, 0.29) is 52.7 Å². The molecule has 0 saturated heterocycles. The Morgan fingerprint density at radius 3 is 2.04 bits per heavy atom. The summed E-state index contributed by atoms with van der Waals surface area (Å²) in [6.45, 7) is 0. The summed E-state index contributed by atoms with van der Waals surface area (Å²) in [4.78, 5) is 1.84. The lowest BCUT2D eigenvalue weighted by molar-refractivity contribution is 1.29. The molecule has 234 valence electrons. The lowest BCUT2D eigenvalue weighted by Crippen LogP contribution is -2.09. The van der Waals surface area contributed by atoms with Gasteiger partial charge in [0.2, 0.25) is 0 Å². The molecule has 0 aliphatic carbocycles. The summed E-state index contributed by atoms with van der Waals surface area (Å²) in [6.07, 6.45) is 0. The first kappa shape index (κ1) is 21.7. The van der Waals surface area contributed by atoms with Gasteiger partial charge in [-0.3, -0.25) is 0 Å². The summed E-state index contributed by atoms with van der Waals surface area (Å²) in [5.74, 6) is 0. The number of anilines is 3. The fourth-order valence-electron chi connectivity index (χ4n) is 7.00. The Morgan fingerprint density at radius 2 is 1.16 bits per heavy atom. The topological polar surface area (TPSA) is 3.24 Å². The zero-order valence-corrected chi connectivity index (χ0v) is 27.5. The van der Waals surface area contributed by atoms with Crippen LogP contribution in [0.2, 0.25) is 0 Å². The Kier molecular flexibility index (Phi) is 5.09. The first-order valence-corrected chi connectivity index (χ1v) is 17.3. The molecule has 0 radical (unpaired) electrons. The highest BCUT2D eigenvalue weighted by atomic mass is 32.1. The SMILES string of the molecule is [2H]c1c(N(c2ccccc2)c2ccc(-c3ccc4ccccc4c3)cc2)c([2H])c2c(sc3c4c([2H])c([2H])c([2H])c([2H])c4c([2H])c(-c4cccc5ccccc45)c32)c1[2H]. The van der Waals surface area contributed by atoms with Gasteiger partial charge in [-0.25, -0.2) is 0 Å². The van der Waals surface area contributed by atoms with Crippen molar-refractivity contribution in [1.29, 1.82) is 0 Å². The van der Waals surface area contributed by atoms with Crippen LogP contribution in [0.15, 0.2) is 188 Å². The van der Waals surface area contributed by atoms with Crippen molar-refractivity contribution in [2.24, 2.45) is 0 Å². The number of benzene rings is 9. The van der Waals surface area contributed by atoms with E-state index in [1.807, 2.05) is 114 Å². The van der Waals surface area contributed by atoms with Crippen LogP contribution in [0, 0.1) is 0 Å². The van der Waals surface area contributed by atoms with Gasteiger partial charge in [-0.1, -0.05) is 133 Å². The van der Waals surface area contributed by atoms with Crippen LogP contribution in [0.25, 0.3) is 74.7 Å². The van der Waals surface area contributed by atoms with E-state index in [0.29, 0.717) is 42.7 Å². The number of para-hydroxylation sites is 1. The third kappa shape index (κ3) is 4.76. The van der Waals surface area contributed by atoms with Crippen molar-refractivity contribution in [3.05, 3.63) is 188 Å². The normalized spacial score (nSPS) is 13.8. The molecule has 0 aliphatic rings. The van der Waals surface area contributed by atoms with Crippen LogP contribution in [-0.4, -0.2) is 0 Å². The zero-order valence-electron chi connectivity index (χ0n) is 34.6. The predicted molar refractivity (Wildman–Crippen MR) is 217 cm³/mol. The third-order valence-electron chi connectivity index (χ3n) is 9.37. The third-order valence-corrected chi connectivity index (χ3v) is 10.5. The van der Waals surface area contributed by atoms with Gasteiger partial charge < -0.3 is 4.90 Å². The van der Waals surface area contributed by atoms with Crippen molar-refractivity contribution in [3.8, 4) is 22.3 Å². The van der Waals surface area contributed by atoms with Crippen LogP contribution in [0.3, 0.4) is 0 Å². The average Bonchev–Trinajstić information content (AvgIpc) is 3.66. The first-order chi connectivity index (χ1) is 28.1. The highest BCUT2D eigenvalue weighted by Crippen LogP contribution is 2.47. The summed E-state index contributed by atoms with van der Waals surface area (Å²) >= 11 is 1.14. The molecule has 1 nitrogen and oxygen atoms in total. The predicted octanol–water partition coefficient (Wildman–Crippen LogP) is 14.3. The molecule has 9 aromatic carbocycles. The fraction of sp³-hybridized carbons (Fsp3) is 0. The minimum Gasteiger partial charge on any atom is -0.310 e. The maximum Gasteiger partial charge on any atom is 0.0652 e. The summed E-state index contributed by atoms with van der Waals surface area (Å²) in [5, 5.41) is 5.11. The number of fused-ring (bicyclic) bond motifs is 7. The van der Waals surface area contributed by atoms with E-state index >= 15 is 0 Å². The highest BCUT2D eigenvalue weighted by molar-refractivity contribution is 7.26. The van der Waals surface area contributed by atoms with Gasteiger partial charge in [-0.2, -0.15) is 0 Å². The Hall–Kier alpha value is -6.22. The molecule has 0 N–H and O–H groups in total. The van der Waals surface area contributed by atoms with Gasteiger partial charge in [0.15, 0.2) is 0 Å². The van der Waals surface area contributed by atoms with E-state index < -0.39 is 12.1 Å². The molecule has 0 bridgehead atoms. The summed E-state index contributed by atoms with van der Waals surface area (Å²) < 4.78 is 75.0. The van der Waals surface area contributed by atoms with Crippen LogP contribution in [0.4, 0.5) is 17.1 Å². The number of hydrogen-bond donors (Lipinski definition) is 0. The number of rotatable bonds is 5. The lowest BCUT2D eigenvalue weighted by atomic mass is 9.92. The number of hydrogen-bond acceptors (Lipinski definition) is 2. The van der Waals surface area contributed by atoms with E-state index in [0.717, 1.165) is 44.0 Å². The first-order valence-electron chi connectivity index (χ1n) is 20.4.